The quantitative estimate of drug-likeness (QED) is 0.838. The second-order valence-corrected chi connectivity index (χ2v) is 4.39. The summed E-state index contributed by atoms with van der Waals surface area (Å²) in [6.07, 6.45) is 1.16. The van der Waals surface area contributed by atoms with Crippen LogP contribution in [0.25, 0.3) is 0 Å². The van der Waals surface area contributed by atoms with Gasteiger partial charge in [0, 0.05) is 25.2 Å². The van der Waals surface area contributed by atoms with E-state index < -0.39 is 5.82 Å². The maximum atomic E-state index is 13.5. The van der Waals surface area contributed by atoms with Crippen molar-refractivity contribution in [3.8, 4) is 5.75 Å². The van der Waals surface area contributed by atoms with Gasteiger partial charge in [-0.25, -0.2) is 4.39 Å². The predicted molar refractivity (Wildman–Crippen MR) is 69.6 cm³/mol. The Labute approximate surface area is 106 Å². The summed E-state index contributed by atoms with van der Waals surface area (Å²) in [7, 11) is 1.45. The summed E-state index contributed by atoms with van der Waals surface area (Å²) in [5.74, 6) is -0.210. The maximum Gasteiger partial charge on any atom is 0.167 e. The minimum absolute atomic E-state index is 0.203. The molecule has 1 fully saturated rings. The maximum absolute atomic E-state index is 13.5. The number of ether oxygens (including phenoxy) is 2. The molecule has 0 aliphatic carbocycles. The standard InChI is InChI=1S/C13H19FN2O2/c1-3-9-8-16(4-5-18-9)12-7-13(17-2)10(14)6-11(12)15/h6-7,9H,3-5,8,15H2,1-2H3. The van der Waals surface area contributed by atoms with E-state index >= 15 is 0 Å². The van der Waals surface area contributed by atoms with Gasteiger partial charge in [0.15, 0.2) is 11.6 Å². The van der Waals surface area contributed by atoms with Crippen molar-refractivity contribution >= 4 is 11.4 Å². The molecule has 2 N–H and O–H groups in total. The summed E-state index contributed by atoms with van der Waals surface area (Å²) in [5, 5.41) is 0. The van der Waals surface area contributed by atoms with Crippen molar-refractivity contribution in [3.05, 3.63) is 17.9 Å². The van der Waals surface area contributed by atoms with Crippen molar-refractivity contribution in [3.63, 3.8) is 0 Å². The lowest BCUT2D eigenvalue weighted by molar-refractivity contribution is 0.0384. The van der Waals surface area contributed by atoms with E-state index in [0.29, 0.717) is 12.3 Å². The second-order valence-electron chi connectivity index (χ2n) is 4.39. The molecule has 1 aromatic rings. The zero-order chi connectivity index (χ0) is 13.1. The van der Waals surface area contributed by atoms with E-state index in [-0.39, 0.29) is 11.9 Å². The average molecular weight is 254 g/mol. The first-order valence-electron chi connectivity index (χ1n) is 6.15. The fourth-order valence-corrected chi connectivity index (χ4v) is 2.17. The molecule has 0 bridgehead atoms. The molecule has 1 saturated heterocycles. The Morgan fingerprint density at radius 1 is 1.56 bits per heavy atom. The molecule has 0 radical (unpaired) electrons. The van der Waals surface area contributed by atoms with Gasteiger partial charge >= 0.3 is 0 Å². The minimum atomic E-state index is -0.431. The van der Waals surface area contributed by atoms with Gasteiger partial charge in [0.25, 0.3) is 0 Å². The highest BCUT2D eigenvalue weighted by atomic mass is 19.1. The highest BCUT2D eigenvalue weighted by molar-refractivity contribution is 5.70. The highest BCUT2D eigenvalue weighted by Gasteiger charge is 2.22. The van der Waals surface area contributed by atoms with Crippen LogP contribution in [-0.4, -0.2) is 32.9 Å². The number of nitrogens with two attached hydrogens (primary N) is 1. The Hall–Kier alpha value is -1.49. The minimum Gasteiger partial charge on any atom is -0.494 e. The molecule has 0 amide bonds. The van der Waals surface area contributed by atoms with Gasteiger partial charge in [-0.05, 0) is 6.42 Å². The number of hydrogen-bond donors (Lipinski definition) is 1. The smallest absolute Gasteiger partial charge is 0.167 e. The summed E-state index contributed by atoms with van der Waals surface area (Å²) >= 11 is 0. The van der Waals surface area contributed by atoms with E-state index in [1.807, 2.05) is 0 Å². The molecular weight excluding hydrogens is 235 g/mol. The molecule has 2 rings (SSSR count). The molecule has 1 atom stereocenters. The monoisotopic (exact) mass is 254 g/mol. The number of hydrogen-bond acceptors (Lipinski definition) is 4. The molecule has 18 heavy (non-hydrogen) atoms. The summed E-state index contributed by atoms with van der Waals surface area (Å²) in [6, 6.07) is 2.97. The lowest BCUT2D eigenvalue weighted by atomic mass is 10.1. The summed E-state index contributed by atoms with van der Waals surface area (Å²) in [6.45, 7) is 4.28. The number of methoxy groups -OCH3 is 1. The van der Waals surface area contributed by atoms with Crippen molar-refractivity contribution in [2.45, 2.75) is 19.4 Å². The lowest BCUT2D eigenvalue weighted by Gasteiger charge is -2.35. The summed E-state index contributed by atoms with van der Waals surface area (Å²) in [4.78, 5) is 2.12. The number of rotatable bonds is 3. The Kier molecular flexibility index (Phi) is 3.91. The fourth-order valence-electron chi connectivity index (χ4n) is 2.17. The second kappa shape index (κ2) is 5.44. The molecule has 0 saturated carbocycles. The van der Waals surface area contributed by atoms with Crippen LogP contribution in [0.4, 0.5) is 15.8 Å². The van der Waals surface area contributed by atoms with E-state index in [4.69, 9.17) is 15.2 Å². The van der Waals surface area contributed by atoms with Gasteiger partial charge in [0.2, 0.25) is 0 Å². The molecule has 1 unspecified atom stereocenters. The zero-order valence-corrected chi connectivity index (χ0v) is 10.8. The molecule has 0 spiro atoms. The van der Waals surface area contributed by atoms with Crippen LogP contribution >= 0.6 is 0 Å². The average Bonchev–Trinajstić information content (AvgIpc) is 2.39. The lowest BCUT2D eigenvalue weighted by Crippen LogP contribution is -2.42. The first kappa shape index (κ1) is 13.0. The molecular formula is C13H19FN2O2. The third-order valence-corrected chi connectivity index (χ3v) is 3.24. The first-order valence-corrected chi connectivity index (χ1v) is 6.15. The van der Waals surface area contributed by atoms with Crippen LogP contribution in [-0.2, 0) is 4.74 Å². The van der Waals surface area contributed by atoms with Crippen LogP contribution in [0.1, 0.15) is 13.3 Å². The Balaban J connectivity index is 2.26. The molecule has 0 aromatic heterocycles. The third kappa shape index (κ3) is 2.51. The molecule has 1 heterocycles. The Morgan fingerprint density at radius 2 is 2.33 bits per heavy atom. The van der Waals surface area contributed by atoms with E-state index in [1.165, 1.54) is 13.2 Å². The molecule has 5 heteroatoms. The highest BCUT2D eigenvalue weighted by Crippen LogP contribution is 2.32. The van der Waals surface area contributed by atoms with Crippen molar-refractivity contribution in [1.29, 1.82) is 0 Å². The zero-order valence-electron chi connectivity index (χ0n) is 10.8. The number of anilines is 2. The van der Waals surface area contributed by atoms with Crippen LogP contribution in [0.15, 0.2) is 12.1 Å². The van der Waals surface area contributed by atoms with Gasteiger partial charge in [0.1, 0.15) is 0 Å². The predicted octanol–water partition coefficient (Wildman–Crippen LogP) is 2.03. The van der Waals surface area contributed by atoms with Crippen LogP contribution in [0.5, 0.6) is 5.75 Å². The van der Waals surface area contributed by atoms with Crippen molar-refractivity contribution in [1.82, 2.24) is 0 Å². The van der Waals surface area contributed by atoms with Gasteiger partial charge < -0.3 is 20.1 Å². The molecule has 100 valence electrons. The third-order valence-electron chi connectivity index (χ3n) is 3.24. The number of halogens is 1. The van der Waals surface area contributed by atoms with Crippen LogP contribution < -0.4 is 15.4 Å². The Morgan fingerprint density at radius 3 is 3.00 bits per heavy atom. The normalized spacial score (nSPS) is 19.9. The number of benzene rings is 1. The largest absolute Gasteiger partial charge is 0.494 e. The summed E-state index contributed by atoms with van der Waals surface area (Å²) in [5.41, 5.74) is 7.13. The Bertz CT molecular complexity index is 426. The molecule has 1 aromatic carbocycles. The van der Waals surface area contributed by atoms with E-state index in [2.05, 4.69) is 11.8 Å². The van der Waals surface area contributed by atoms with Gasteiger partial charge in [-0.3, -0.25) is 0 Å². The van der Waals surface area contributed by atoms with Crippen LogP contribution in [0.3, 0.4) is 0 Å². The number of morpholine rings is 1. The molecule has 1 aliphatic rings. The van der Waals surface area contributed by atoms with Crippen LogP contribution in [0.2, 0.25) is 0 Å². The molecule has 1 aliphatic heterocycles. The fraction of sp³-hybridized carbons (Fsp3) is 0.538. The number of nitrogens with zero attached hydrogens (tertiary/aromatic N) is 1. The summed E-state index contributed by atoms with van der Waals surface area (Å²) < 4.78 is 24.1. The van der Waals surface area contributed by atoms with Crippen LogP contribution in [0, 0.1) is 5.82 Å². The van der Waals surface area contributed by atoms with Crippen molar-refractivity contribution < 1.29 is 13.9 Å². The van der Waals surface area contributed by atoms with Gasteiger partial charge in [-0.2, -0.15) is 0 Å². The van der Waals surface area contributed by atoms with E-state index in [0.717, 1.165) is 25.2 Å². The van der Waals surface area contributed by atoms with E-state index in [9.17, 15) is 4.39 Å². The SMILES string of the molecule is CCC1CN(c2cc(OC)c(F)cc2N)CCO1. The number of nitrogen functional groups attached to an aromatic ring is 1. The van der Waals surface area contributed by atoms with Gasteiger partial charge in [-0.1, -0.05) is 6.92 Å². The van der Waals surface area contributed by atoms with E-state index in [1.54, 1.807) is 6.07 Å². The van der Waals surface area contributed by atoms with Crippen molar-refractivity contribution in [2.75, 3.05) is 37.4 Å². The first-order chi connectivity index (χ1) is 8.65. The topological polar surface area (TPSA) is 47.7 Å². The van der Waals surface area contributed by atoms with Crippen molar-refractivity contribution in [2.24, 2.45) is 0 Å². The van der Waals surface area contributed by atoms with Gasteiger partial charge in [-0.15, -0.1) is 0 Å². The molecule has 4 nitrogen and oxygen atoms in total. The van der Waals surface area contributed by atoms with Gasteiger partial charge in [0.05, 0.1) is 31.2 Å².